The first-order valence-electron chi connectivity index (χ1n) is 6.11. The number of ketones is 1. The Kier molecular flexibility index (Phi) is 2.33. The molecule has 0 saturated heterocycles. The van der Waals surface area contributed by atoms with Gasteiger partial charge in [0.25, 0.3) is 0 Å². The minimum Gasteiger partial charge on any atom is -0.459 e. The van der Waals surface area contributed by atoms with Crippen molar-refractivity contribution in [1.82, 2.24) is 0 Å². The fourth-order valence-electron chi connectivity index (χ4n) is 2.82. The van der Waals surface area contributed by atoms with Crippen LogP contribution < -0.4 is 16.7 Å². The third-order valence-corrected chi connectivity index (χ3v) is 3.58. The van der Waals surface area contributed by atoms with Gasteiger partial charge in [-0.3, -0.25) is 4.79 Å². The number of anilines is 1. The van der Waals surface area contributed by atoms with Crippen LogP contribution in [0, 0.1) is 0 Å². The normalized spacial score (nSPS) is 13.7. The molecule has 0 radical (unpaired) electrons. The van der Waals surface area contributed by atoms with Crippen LogP contribution in [0.25, 0.3) is 0 Å². The summed E-state index contributed by atoms with van der Waals surface area (Å²) in [6.45, 7) is 4.40. The zero-order valence-corrected chi connectivity index (χ0v) is 10.4. The Hall–Kier alpha value is -1.97. The lowest BCUT2D eigenvalue weighted by atomic mass is 9.32. The molecule has 1 aliphatic rings. The third kappa shape index (κ3) is 1.35. The highest BCUT2D eigenvalue weighted by atomic mass is 16.3. The number of benzene rings is 1. The van der Waals surface area contributed by atoms with Crippen molar-refractivity contribution in [3.63, 3.8) is 0 Å². The van der Waals surface area contributed by atoms with E-state index < -0.39 is 0 Å². The van der Waals surface area contributed by atoms with Gasteiger partial charge in [0.05, 0.1) is 5.69 Å². The Bertz CT molecular complexity index is 630. The summed E-state index contributed by atoms with van der Waals surface area (Å²) in [5.41, 5.74) is 9.18. The molecule has 0 saturated carbocycles. The monoisotopic (exact) mass is 239 g/mol. The van der Waals surface area contributed by atoms with Crippen molar-refractivity contribution in [2.45, 2.75) is 19.7 Å². The van der Waals surface area contributed by atoms with Gasteiger partial charge in [0.15, 0.2) is 5.76 Å². The van der Waals surface area contributed by atoms with E-state index in [4.69, 9.17) is 10.2 Å². The quantitative estimate of drug-likeness (QED) is 0.765. The van der Waals surface area contributed by atoms with Gasteiger partial charge < -0.3 is 10.2 Å². The number of hydrogen-bond donors (Lipinski definition) is 1. The van der Waals surface area contributed by atoms with Crippen LogP contribution >= 0.6 is 0 Å². The molecular formula is C14H14BNO2. The molecule has 0 aliphatic carbocycles. The maximum atomic E-state index is 12.3. The van der Waals surface area contributed by atoms with Crippen LogP contribution in [-0.2, 0) is 0 Å². The summed E-state index contributed by atoms with van der Waals surface area (Å²) < 4.78 is 5.36. The van der Waals surface area contributed by atoms with Crippen LogP contribution in [0.5, 0.6) is 0 Å². The van der Waals surface area contributed by atoms with E-state index in [1.165, 1.54) is 6.26 Å². The summed E-state index contributed by atoms with van der Waals surface area (Å²) in [5, 5.41) is 0. The molecule has 4 heteroatoms. The van der Waals surface area contributed by atoms with E-state index in [0.29, 0.717) is 17.3 Å². The fraction of sp³-hybridized carbons (Fsp3) is 0.214. The Labute approximate surface area is 106 Å². The second-order valence-electron chi connectivity index (χ2n) is 5.07. The molecule has 90 valence electrons. The zero-order valence-electron chi connectivity index (χ0n) is 10.4. The minimum absolute atomic E-state index is 0.0609. The van der Waals surface area contributed by atoms with Crippen LogP contribution in [0.1, 0.15) is 30.0 Å². The SMILES string of the molecule is CC(C)B1c2ccccc2C(=O)c2occ(N)c21. The van der Waals surface area contributed by atoms with Crippen LogP contribution in [0.4, 0.5) is 5.69 Å². The van der Waals surface area contributed by atoms with Gasteiger partial charge in [-0.1, -0.05) is 49.4 Å². The molecule has 1 aromatic heterocycles. The molecule has 2 N–H and O–H groups in total. The van der Waals surface area contributed by atoms with Crippen LogP contribution in [0.2, 0.25) is 5.82 Å². The average molecular weight is 239 g/mol. The smallest absolute Gasteiger partial charge is 0.227 e. The van der Waals surface area contributed by atoms with E-state index in [0.717, 1.165) is 16.5 Å². The summed E-state index contributed by atoms with van der Waals surface area (Å²) in [4.78, 5) is 12.3. The second kappa shape index (κ2) is 3.77. The van der Waals surface area contributed by atoms with Gasteiger partial charge in [-0.2, -0.15) is 0 Å². The summed E-state index contributed by atoms with van der Waals surface area (Å²) in [6.07, 6.45) is 1.48. The molecule has 0 spiro atoms. The van der Waals surface area contributed by atoms with Gasteiger partial charge in [0.1, 0.15) is 6.26 Å². The van der Waals surface area contributed by atoms with Gasteiger partial charge in [0.2, 0.25) is 12.5 Å². The van der Waals surface area contributed by atoms with Crippen molar-refractivity contribution in [1.29, 1.82) is 0 Å². The molecule has 3 nitrogen and oxygen atoms in total. The van der Waals surface area contributed by atoms with Crippen molar-refractivity contribution in [3.8, 4) is 0 Å². The van der Waals surface area contributed by atoms with E-state index in [1.807, 2.05) is 24.3 Å². The van der Waals surface area contributed by atoms with Gasteiger partial charge in [-0.15, -0.1) is 0 Å². The Balaban J connectivity index is 2.32. The number of hydrogen-bond acceptors (Lipinski definition) is 3. The van der Waals surface area contributed by atoms with Gasteiger partial charge >= 0.3 is 0 Å². The molecule has 3 rings (SSSR count). The van der Waals surface area contributed by atoms with Gasteiger partial charge in [-0.25, -0.2) is 0 Å². The molecule has 1 aromatic carbocycles. The van der Waals surface area contributed by atoms with E-state index >= 15 is 0 Å². The fourth-order valence-corrected chi connectivity index (χ4v) is 2.82. The summed E-state index contributed by atoms with van der Waals surface area (Å²) in [7, 11) is 0. The summed E-state index contributed by atoms with van der Waals surface area (Å²) in [5.74, 6) is 0.706. The van der Waals surface area contributed by atoms with Crippen molar-refractivity contribution in [2.75, 3.05) is 5.73 Å². The topological polar surface area (TPSA) is 56.2 Å². The highest BCUT2D eigenvalue weighted by Gasteiger charge is 2.39. The molecule has 2 heterocycles. The Morgan fingerprint density at radius 1 is 1.28 bits per heavy atom. The van der Waals surface area contributed by atoms with Gasteiger partial charge in [-0.05, 0) is 5.46 Å². The minimum atomic E-state index is -0.0609. The standard InChI is InChI=1S/C14H14BNO2/c1-8(2)15-10-6-4-3-5-9(10)13(17)14-12(15)11(16)7-18-14/h3-8H,16H2,1-2H3. The maximum absolute atomic E-state index is 12.3. The lowest BCUT2D eigenvalue weighted by Crippen LogP contribution is -2.52. The van der Waals surface area contributed by atoms with E-state index in [9.17, 15) is 4.79 Å². The number of carbonyl (C=O) groups excluding carboxylic acids is 1. The van der Waals surface area contributed by atoms with Crippen LogP contribution in [0.3, 0.4) is 0 Å². The summed E-state index contributed by atoms with van der Waals surface area (Å²) in [6, 6.07) is 7.70. The van der Waals surface area contributed by atoms with E-state index in [1.54, 1.807) is 0 Å². The first-order chi connectivity index (χ1) is 8.61. The predicted molar refractivity (Wildman–Crippen MR) is 73.1 cm³/mol. The van der Waals surface area contributed by atoms with Crippen molar-refractivity contribution >= 4 is 29.1 Å². The highest BCUT2D eigenvalue weighted by Crippen LogP contribution is 2.23. The number of furan rings is 1. The first kappa shape index (κ1) is 11.1. The van der Waals surface area contributed by atoms with Crippen molar-refractivity contribution in [3.05, 3.63) is 41.9 Å². The van der Waals surface area contributed by atoms with Crippen molar-refractivity contribution < 1.29 is 9.21 Å². The lowest BCUT2D eigenvalue weighted by molar-refractivity contribution is 0.101. The second-order valence-corrected chi connectivity index (χ2v) is 5.07. The molecule has 2 aromatic rings. The number of carbonyl (C=O) groups is 1. The average Bonchev–Trinajstić information content (AvgIpc) is 2.72. The lowest BCUT2D eigenvalue weighted by Gasteiger charge is -2.24. The Morgan fingerprint density at radius 3 is 2.72 bits per heavy atom. The molecular weight excluding hydrogens is 225 g/mol. The van der Waals surface area contributed by atoms with Crippen LogP contribution in [-0.4, -0.2) is 12.5 Å². The zero-order chi connectivity index (χ0) is 12.9. The van der Waals surface area contributed by atoms with E-state index in [2.05, 4.69) is 13.8 Å². The molecule has 1 aliphatic heterocycles. The van der Waals surface area contributed by atoms with Crippen LogP contribution in [0.15, 0.2) is 34.9 Å². The maximum Gasteiger partial charge on any atom is 0.227 e. The highest BCUT2D eigenvalue weighted by molar-refractivity contribution is 6.90. The largest absolute Gasteiger partial charge is 0.459 e. The number of nitrogen functional groups attached to an aromatic ring is 1. The third-order valence-electron chi connectivity index (χ3n) is 3.58. The van der Waals surface area contributed by atoms with Gasteiger partial charge in [0, 0.05) is 5.56 Å². The molecule has 0 bridgehead atoms. The predicted octanol–water partition coefficient (Wildman–Crippen LogP) is 1.43. The molecule has 0 atom stereocenters. The van der Waals surface area contributed by atoms with Crippen molar-refractivity contribution in [2.24, 2.45) is 0 Å². The summed E-state index contributed by atoms with van der Waals surface area (Å²) >= 11 is 0. The molecule has 0 fully saturated rings. The number of nitrogens with two attached hydrogens (primary N) is 1. The number of fused-ring (bicyclic) bond motifs is 2. The van der Waals surface area contributed by atoms with E-state index in [-0.39, 0.29) is 12.5 Å². The number of rotatable bonds is 1. The molecule has 18 heavy (non-hydrogen) atoms. The first-order valence-corrected chi connectivity index (χ1v) is 6.11. The Morgan fingerprint density at radius 2 is 2.00 bits per heavy atom. The molecule has 0 unspecified atom stereocenters. The molecule has 0 amide bonds.